The lowest BCUT2D eigenvalue weighted by molar-refractivity contribution is -0.141. The van der Waals surface area contributed by atoms with Gasteiger partial charge in [0.25, 0.3) is 0 Å². The fraction of sp³-hybridized carbons (Fsp3) is 0.867. The second kappa shape index (κ2) is 6.95. The zero-order chi connectivity index (χ0) is 14.5. The van der Waals surface area contributed by atoms with E-state index in [4.69, 9.17) is 5.11 Å². The van der Waals surface area contributed by atoms with Crippen molar-refractivity contribution in [2.45, 2.75) is 57.9 Å². The molecule has 20 heavy (non-hydrogen) atoms. The summed E-state index contributed by atoms with van der Waals surface area (Å²) in [5.74, 6) is 0.393. The van der Waals surface area contributed by atoms with Gasteiger partial charge in [-0.15, -0.1) is 0 Å². The fourth-order valence-electron chi connectivity index (χ4n) is 3.34. The van der Waals surface area contributed by atoms with Crippen LogP contribution in [-0.4, -0.2) is 29.7 Å². The maximum atomic E-state index is 11.8. The molecule has 2 aliphatic rings. The molecule has 2 saturated carbocycles. The number of urea groups is 1. The number of nitrogens with one attached hydrogen (secondary N) is 2. The average Bonchev–Trinajstić information content (AvgIpc) is 2.87. The zero-order valence-electron chi connectivity index (χ0n) is 12.2. The number of carbonyl (C=O) groups is 2. The molecule has 3 N–H and O–H groups in total. The van der Waals surface area contributed by atoms with E-state index in [2.05, 4.69) is 17.6 Å². The Morgan fingerprint density at radius 3 is 2.40 bits per heavy atom. The molecule has 0 spiro atoms. The van der Waals surface area contributed by atoms with Crippen LogP contribution in [-0.2, 0) is 4.79 Å². The Kier molecular flexibility index (Phi) is 5.26. The third kappa shape index (κ3) is 4.39. The minimum Gasteiger partial charge on any atom is -0.481 e. The number of carbonyl (C=O) groups excluding carboxylic acids is 1. The van der Waals surface area contributed by atoms with Gasteiger partial charge >= 0.3 is 12.0 Å². The summed E-state index contributed by atoms with van der Waals surface area (Å²) >= 11 is 0. The molecule has 114 valence electrons. The van der Waals surface area contributed by atoms with Gasteiger partial charge in [0, 0.05) is 12.6 Å². The Morgan fingerprint density at radius 1 is 1.10 bits per heavy atom. The lowest BCUT2D eigenvalue weighted by Crippen LogP contribution is -2.43. The maximum Gasteiger partial charge on any atom is 0.315 e. The normalized spacial score (nSPS) is 33.6. The van der Waals surface area contributed by atoms with Crippen LogP contribution < -0.4 is 10.6 Å². The number of aliphatic carboxylic acids is 1. The van der Waals surface area contributed by atoms with Crippen molar-refractivity contribution in [3.05, 3.63) is 0 Å². The number of hydrogen-bond donors (Lipinski definition) is 3. The molecule has 5 heteroatoms. The van der Waals surface area contributed by atoms with Gasteiger partial charge in [-0.3, -0.25) is 4.79 Å². The van der Waals surface area contributed by atoms with Gasteiger partial charge < -0.3 is 15.7 Å². The number of rotatable bonds is 4. The molecular formula is C15H26N2O3. The zero-order valence-corrected chi connectivity index (χ0v) is 12.2. The first-order valence-corrected chi connectivity index (χ1v) is 7.81. The van der Waals surface area contributed by atoms with Crippen molar-refractivity contribution in [1.82, 2.24) is 10.6 Å². The SMILES string of the molecule is CC1CCC(CNC(=O)N[C@H]2CC[C@@H](C(=O)O)C2)CC1. The summed E-state index contributed by atoms with van der Waals surface area (Å²) in [6, 6.07) is -0.123. The summed E-state index contributed by atoms with van der Waals surface area (Å²) in [7, 11) is 0. The Hall–Kier alpha value is -1.26. The molecule has 0 heterocycles. The monoisotopic (exact) mass is 282 g/mol. The van der Waals surface area contributed by atoms with E-state index in [0.29, 0.717) is 18.8 Å². The Balaban J connectivity index is 1.62. The molecule has 2 fully saturated rings. The highest BCUT2D eigenvalue weighted by Crippen LogP contribution is 2.28. The van der Waals surface area contributed by atoms with Gasteiger partial charge in [-0.25, -0.2) is 4.79 Å². The Morgan fingerprint density at radius 2 is 1.80 bits per heavy atom. The Labute approximate surface area is 120 Å². The minimum absolute atomic E-state index is 0.0162. The van der Waals surface area contributed by atoms with Crippen molar-refractivity contribution in [1.29, 1.82) is 0 Å². The van der Waals surface area contributed by atoms with E-state index in [-0.39, 0.29) is 18.0 Å². The number of hydrogen-bond acceptors (Lipinski definition) is 2. The van der Waals surface area contributed by atoms with Crippen molar-refractivity contribution in [2.24, 2.45) is 17.8 Å². The lowest BCUT2D eigenvalue weighted by atomic mass is 9.83. The first kappa shape index (κ1) is 15.1. The highest BCUT2D eigenvalue weighted by Gasteiger charge is 2.30. The first-order valence-electron chi connectivity index (χ1n) is 7.81. The number of carboxylic acids is 1. The summed E-state index contributed by atoms with van der Waals surface area (Å²) in [5.41, 5.74) is 0. The Bertz CT molecular complexity index is 351. The standard InChI is InChI=1S/C15H26N2O3/c1-10-2-4-11(5-3-10)9-16-15(20)17-13-7-6-12(8-13)14(18)19/h10-13H,2-9H2,1H3,(H,18,19)(H2,16,17,20)/t10?,11?,12-,13+/m1/s1. The van der Waals surface area contributed by atoms with Crippen LogP contribution in [0.2, 0.25) is 0 Å². The van der Waals surface area contributed by atoms with Gasteiger partial charge in [0.15, 0.2) is 0 Å². The van der Waals surface area contributed by atoms with Crippen molar-refractivity contribution in [3.63, 3.8) is 0 Å². The molecule has 5 nitrogen and oxygen atoms in total. The molecule has 0 radical (unpaired) electrons. The summed E-state index contributed by atoms with van der Waals surface area (Å²) < 4.78 is 0. The lowest BCUT2D eigenvalue weighted by Gasteiger charge is -2.26. The molecule has 2 aliphatic carbocycles. The minimum atomic E-state index is -0.744. The van der Waals surface area contributed by atoms with E-state index in [1.165, 1.54) is 25.7 Å². The average molecular weight is 282 g/mol. The van der Waals surface area contributed by atoms with Crippen molar-refractivity contribution in [3.8, 4) is 0 Å². The van der Waals surface area contributed by atoms with E-state index >= 15 is 0 Å². The summed E-state index contributed by atoms with van der Waals surface area (Å²) in [4.78, 5) is 22.7. The molecule has 0 bridgehead atoms. The molecule has 0 aromatic rings. The maximum absolute atomic E-state index is 11.8. The quantitative estimate of drug-likeness (QED) is 0.740. The van der Waals surface area contributed by atoms with Gasteiger partial charge in [-0.1, -0.05) is 19.8 Å². The molecule has 0 aromatic carbocycles. The highest BCUT2D eigenvalue weighted by molar-refractivity contribution is 5.75. The van der Waals surface area contributed by atoms with Crippen LogP contribution in [0.5, 0.6) is 0 Å². The molecule has 2 rings (SSSR count). The van der Waals surface area contributed by atoms with Gasteiger partial charge in [-0.2, -0.15) is 0 Å². The van der Waals surface area contributed by atoms with E-state index in [0.717, 1.165) is 18.9 Å². The second-order valence-electron chi connectivity index (χ2n) is 6.53. The summed E-state index contributed by atoms with van der Waals surface area (Å²) in [5, 5.41) is 14.8. The predicted octanol–water partition coefficient (Wildman–Crippen LogP) is 2.37. The number of carboxylic acid groups (broad SMARTS) is 1. The van der Waals surface area contributed by atoms with Gasteiger partial charge in [-0.05, 0) is 43.9 Å². The van der Waals surface area contributed by atoms with Crippen LogP contribution in [0.15, 0.2) is 0 Å². The van der Waals surface area contributed by atoms with E-state index in [1.807, 2.05) is 0 Å². The number of amides is 2. The third-order valence-corrected chi connectivity index (χ3v) is 4.80. The van der Waals surface area contributed by atoms with Crippen molar-refractivity contribution < 1.29 is 14.7 Å². The van der Waals surface area contributed by atoms with Gasteiger partial charge in [0.2, 0.25) is 0 Å². The van der Waals surface area contributed by atoms with E-state index < -0.39 is 5.97 Å². The smallest absolute Gasteiger partial charge is 0.315 e. The molecule has 0 aromatic heterocycles. The summed E-state index contributed by atoms with van der Waals surface area (Å²) in [6.07, 6.45) is 6.92. The van der Waals surface area contributed by atoms with Crippen LogP contribution in [0.3, 0.4) is 0 Å². The molecular weight excluding hydrogens is 256 g/mol. The van der Waals surface area contributed by atoms with E-state index in [1.54, 1.807) is 0 Å². The van der Waals surface area contributed by atoms with Gasteiger partial charge in [0.1, 0.15) is 0 Å². The second-order valence-corrected chi connectivity index (χ2v) is 6.53. The largest absolute Gasteiger partial charge is 0.481 e. The molecule has 0 saturated heterocycles. The fourth-order valence-corrected chi connectivity index (χ4v) is 3.34. The highest BCUT2D eigenvalue weighted by atomic mass is 16.4. The first-order chi connectivity index (χ1) is 9.54. The van der Waals surface area contributed by atoms with Crippen LogP contribution in [0.4, 0.5) is 4.79 Å². The third-order valence-electron chi connectivity index (χ3n) is 4.80. The predicted molar refractivity (Wildman–Crippen MR) is 76.4 cm³/mol. The molecule has 0 aliphatic heterocycles. The van der Waals surface area contributed by atoms with Crippen LogP contribution in [0, 0.1) is 17.8 Å². The van der Waals surface area contributed by atoms with Crippen molar-refractivity contribution in [2.75, 3.05) is 6.54 Å². The van der Waals surface area contributed by atoms with Crippen LogP contribution in [0.1, 0.15) is 51.9 Å². The van der Waals surface area contributed by atoms with Crippen molar-refractivity contribution >= 4 is 12.0 Å². The molecule has 2 atom stereocenters. The summed E-state index contributed by atoms with van der Waals surface area (Å²) in [6.45, 7) is 3.03. The topological polar surface area (TPSA) is 78.4 Å². The molecule has 2 amide bonds. The van der Waals surface area contributed by atoms with E-state index in [9.17, 15) is 9.59 Å². The van der Waals surface area contributed by atoms with Crippen LogP contribution >= 0.6 is 0 Å². The van der Waals surface area contributed by atoms with Gasteiger partial charge in [0.05, 0.1) is 5.92 Å². The van der Waals surface area contributed by atoms with Crippen LogP contribution in [0.25, 0.3) is 0 Å². The molecule has 0 unspecified atom stereocenters.